The van der Waals surface area contributed by atoms with Crippen LogP contribution in [0.15, 0.2) is 82.7 Å². The third-order valence-electron chi connectivity index (χ3n) is 4.58. The van der Waals surface area contributed by atoms with Crippen molar-refractivity contribution in [3.63, 3.8) is 0 Å². The molecule has 0 bridgehead atoms. The SMILES string of the molecule is CN=C(NCc1ccc(Cn2ccccc2=O)cc1)NCc1ccc(OC)cc1. The van der Waals surface area contributed by atoms with Crippen LogP contribution in [0.3, 0.4) is 0 Å². The van der Waals surface area contributed by atoms with E-state index in [4.69, 9.17) is 4.74 Å². The largest absolute Gasteiger partial charge is 0.497 e. The minimum atomic E-state index is 0.00461. The monoisotopic (exact) mass is 390 g/mol. The molecule has 0 spiro atoms. The Morgan fingerprint density at radius 1 is 0.897 bits per heavy atom. The van der Waals surface area contributed by atoms with E-state index in [1.165, 1.54) is 0 Å². The van der Waals surface area contributed by atoms with Gasteiger partial charge < -0.3 is 19.9 Å². The Hall–Kier alpha value is -3.54. The predicted molar refractivity (Wildman–Crippen MR) is 116 cm³/mol. The van der Waals surface area contributed by atoms with Crippen LogP contribution in [0.4, 0.5) is 0 Å². The third-order valence-corrected chi connectivity index (χ3v) is 4.58. The van der Waals surface area contributed by atoms with Crippen molar-refractivity contribution in [2.75, 3.05) is 14.2 Å². The summed E-state index contributed by atoms with van der Waals surface area (Å²) < 4.78 is 6.87. The van der Waals surface area contributed by atoms with Crippen LogP contribution in [0.2, 0.25) is 0 Å². The van der Waals surface area contributed by atoms with E-state index < -0.39 is 0 Å². The smallest absolute Gasteiger partial charge is 0.250 e. The normalized spacial score (nSPS) is 11.2. The van der Waals surface area contributed by atoms with Gasteiger partial charge in [0, 0.05) is 32.4 Å². The Balaban J connectivity index is 1.50. The number of pyridine rings is 1. The number of ether oxygens (including phenoxy) is 1. The average Bonchev–Trinajstić information content (AvgIpc) is 2.77. The molecular formula is C23H26N4O2. The molecule has 0 saturated heterocycles. The number of aromatic nitrogens is 1. The topological polar surface area (TPSA) is 67.7 Å². The summed E-state index contributed by atoms with van der Waals surface area (Å²) in [5.41, 5.74) is 3.38. The maximum atomic E-state index is 11.8. The fourth-order valence-electron chi connectivity index (χ4n) is 2.89. The predicted octanol–water partition coefficient (Wildman–Crippen LogP) is 2.77. The van der Waals surface area contributed by atoms with Gasteiger partial charge in [-0.05, 0) is 34.9 Å². The van der Waals surface area contributed by atoms with Crippen molar-refractivity contribution in [1.29, 1.82) is 0 Å². The highest BCUT2D eigenvalue weighted by Crippen LogP contribution is 2.11. The van der Waals surface area contributed by atoms with E-state index in [0.717, 1.165) is 28.4 Å². The molecular weight excluding hydrogens is 364 g/mol. The molecule has 6 nitrogen and oxygen atoms in total. The van der Waals surface area contributed by atoms with Crippen LogP contribution in [0.5, 0.6) is 5.75 Å². The average molecular weight is 390 g/mol. The molecule has 0 aliphatic heterocycles. The van der Waals surface area contributed by atoms with Crippen LogP contribution in [-0.2, 0) is 19.6 Å². The summed E-state index contributed by atoms with van der Waals surface area (Å²) >= 11 is 0. The third kappa shape index (κ3) is 5.97. The van der Waals surface area contributed by atoms with Crippen molar-refractivity contribution in [3.05, 3.63) is 100.0 Å². The zero-order valence-electron chi connectivity index (χ0n) is 16.8. The summed E-state index contributed by atoms with van der Waals surface area (Å²) in [6.07, 6.45) is 1.80. The van der Waals surface area contributed by atoms with Gasteiger partial charge in [0.05, 0.1) is 13.7 Å². The van der Waals surface area contributed by atoms with Gasteiger partial charge in [0.25, 0.3) is 5.56 Å². The molecule has 1 aromatic heterocycles. The Morgan fingerprint density at radius 3 is 2.03 bits per heavy atom. The Morgan fingerprint density at radius 2 is 1.48 bits per heavy atom. The van der Waals surface area contributed by atoms with E-state index in [0.29, 0.717) is 19.6 Å². The van der Waals surface area contributed by atoms with E-state index in [2.05, 4.69) is 27.8 Å². The molecule has 0 amide bonds. The molecule has 2 N–H and O–H groups in total. The minimum Gasteiger partial charge on any atom is -0.497 e. The number of benzene rings is 2. The lowest BCUT2D eigenvalue weighted by molar-refractivity contribution is 0.414. The highest BCUT2D eigenvalue weighted by Gasteiger charge is 2.01. The lowest BCUT2D eigenvalue weighted by Gasteiger charge is -2.13. The maximum Gasteiger partial charge on any atom is 0.250 e. The van der Waals surface area contributed by atoms with Crippen LogP contribution >= 0.6 is 0 Å². The number of nitrogens with one attached hydrogen (secondary N) is 2. The number of guanidine groups is 1. The van der Waals surface area contributed by atoms with Crippen molar-refractivity contribution in [2.45, 2.75) is 19.6 Å². The van der Waals surface area contributed by atoms with Gasteiger partial charge in [-0.25, -0.2) is 0 Å². The Labute approximate surface area is 170 Å². The molecule has 3 aromatic rings. The van der Waals surface area contributed by atoms with Crippen LogP contribution in [0, 0.1) is 0 Å². The molecule has 2 aromatic carbocycles. The summed E-state index contributed by atoms with van der Waals surface area (Å²) in [5, 5.41) is 6.62. The van der Waals surface area contributed by atoms with Crippen LogP contribution in [0.1, 0.15) is 16.7 Å². The molecule has 6 heteroatoms. The molecule has 1 heterocycles. The lowest BCUT2D eigenvalue weighted by Crippen LogP contribution is -2.36. The fourth-order valence-corrected chi connectivity index (χ4v) is 2.89. The van der Waals surface area contributed by atoms with Gasteiger partial charge in [-0.3, -0.25) is 9.79 Å². The van der Waals surface area contributed by atoms with Gasteiger partial charge >= 0.3 is 0 Å². The first-order valence-corrected chi connectivity index (χ1v) is 9.48. The number of methoxy groups -OCH3 is 1. The Kier molecular flexibility index (Phi) is 7.05. The van der Waals surface area contributed by atoms with Gasteiger partial charge in [0.15, 0.2) is 5.96 Å². The molecule has 0 atom stereocenters. The quantitative estimate of drug-likeness (QED) is 0.481. The Bertz CT molecular complexity index is 992. The summed E-state index contributed by atoms with van der Waals surface area (Å²) in [6.45, 7) is 1.90. The summed E-state index contributed by atoms with van der Waals surface area (Å²) in [7, 11) is 3.41. The van der Waals surface area contributed by atoms with Gasteiger partial charge in [-0.15, -0.1) is 0 Å². The van der Waals surface area contributed by atoms with E-state index in [1.807, 2.05) is 42.5 Å². The maximum absolute atomic E-state index is 11.8. The zero-order chi connectivity index (χ0) is 20.5. The standard InChI is InChI=1S/C23H26N4O2/c1-24-23(26-16-19-10-12-21(29-2)13-11-19)25-15-18-6-8-20(9-7-18)17-27-14-4-3-5-22(27)28/h3-14H,15-17H2,1-2H3,(H2,24,25,26). The molecule has 150 valence electrons. The van der Waals surface area contributed by atoms with Crippen molar-refractivity contribution >= 4 is 5.96 Å². The van der Waals surface area contributed by atoms with Crippen LogP contribution in [-0.4, -0.2) is 24.7 Å². The molecule has 0 unspecified atom stereocenters. The number of nitrogens with zero attached hydrogens (tertiary/aromatic N) is 2. The summed E-state index contributed by atoms with van der Waals surface area (Å²) in [5.74, 6) is 1.58. The zero-order valence-corrected chi connectivity index (χ0v) is 16.8. The second kappa shape index (κ2) is 10.1. The van der Waals surface area contributed by atoms with Crippen molar-refractivity contribution < 1.29 is 4.74 Å². The van der Waals surface area contributed by atoms with E-state index in [-0.39, 0.29) is 5.56 Å². The minimum absolute atomic E-state index is 0.00461. The van der Waals surface area contributed by atoms with E-state index in [9.17, 15) is 4.79 Å². The van der Waals surface area contributed by atoms with E-state index >= 15 is 0 Å². The van der Waals surface area contributed by atoms with Gasteiger partial charge in [-0.1, -0.05) is 42.5 Å². The number of rotatable bonds is 7. The van der Waals surface area contributed by atoms with Crippen molar-refractivity contribution in [2.24, 2.45) is 4.99 Å². The highest BCUT2D eigenvalue weighted by atomic mass is 16.5. The second-order valence-electron chi connectivity index (χ2n) is 6.61. The molecule has 0 aliphatic carbocycles. The molecule has 0 aliphatic rings. The van der Waals surface area contributed by atoms with Gasteiger partial charge in [0.2, 0.25) is 0 Å². The number of hydrogen-bond donors (Lipinski definition) is 2. The first-order chi connectivity index (χ1) is 14.2. The first-order valence-electron chi connectivity index (χ1n) is 9.48. The summed E-state index contributed by atoms with van der Waals surface area (Å²) in [4.78, 5) is 16.1. The molecule has 0 radical (unpaired) electrons. The lowest BCUT2D eigenvalue weighted by atomic mass is 10.1. The van der Waals surface area contributed by atoms with Crippen LogP contribution < -0.4 is 20.9 Å². The van der Waals surface area contributed by atoms with Crippen molar-refractivity contribution in [3.8, 4) is 5.75 Å². The molecule has 3 rings (SSSR count). The highest BCUT2D eigenvalue weighted by molar-refractivity contribution is 5.79. The van der Waals surface area contributed by atoms with Gasteiger partial charge in [0.1, 0.15) is 5.75 Å². The van der Waals surface area contributed by atoms with Crippen LogP contribution in [0.25, 0.3) is 0 Å². The molecule has 29 heavy (non-hydrogen) atoms. The number of aliphatic imine (C=N–C) groups is 1. The molecule has 0 fully saturated rings. The first kappa shape index (κ1) is 20.2. The van der Waals surface area contributed by atoms with E-state index in [1.54, 1.807) is 37.1 Å². The van der Waals surface area contributed by atoms with Gasteiger partial charge in [-0.2, -0.15) is 0 Å². The molecule has 0 saturated carbocycles. The van der Waals surface area contributed by atoms with Crippen molar-refractivity contribution in [1.82, 2.24) is 15.2 Å². The fraction of sp³-hybridized carbons (Fsp3) is 0.217. The number of hydrogen-bond acceptors (Lipinski definition) is 3. The summed E-state index contributed by atoms with van der Waals surface area (Å²) in [6, 6.07) is 21.3. The second-order valence-corrected chi connectivity index (χ2v) is 6.61.